The number of nitrogens with zero attached hydrogens (tertiary/aromatic N) is 2. The van der Waals surface area contributed by atoms with E-state index in [9.17, 15) is 4.79 Å². The quantitative estimate of drug-likeness (QED) is 0.906. The van der Waals surface area contributed by atoms with E-state index in [2.05, 4.69) is 20.9 Å². The Balaban J connectivity index is 2.38. The molecule has 2 N–H and O–H groups in total. The van der Waals surface area contributed by atoms with E-state index in [1.165, 1.54) is 0 Å². The van der Waals surface area contributed by atoms with Gasteiger partial charge in [0.15, 0.2) is 0 Å². The first kappa shape index (κ1) is 12.5. The van der Waals surface area contributed by atoms with E-state index in [0.717, 1.165) is 10.0 Å². The van der Waals surface area contributed by atoms with Gasteiger partial charge in [0, 0.05) is 35.4 Å². The zero-order chi connectivity index (χ0) is 12.6. The van der Waals surface area contributed by atoms with Gasteiger partial charge in [-0.3, -0.25) is 9.78 Å². The minimum absolute atomic E-state index is 0.0625. The minimum atomic E-state index is -0.152. The summed E-state index contributed by atoms with van der Waals surface area (Å²) in [6.45, 7) is 4.02. The lowest BCUT2D eigenvalue weighted by molar-refractivity contribution is -0.130. The van der Waals surface area contributed by atoms with Crippen molar-refractivity contribution in [3.63, 3.8) is 0 Å². The number of carbonyl (C=O) groups excluding carboxylic acids is 1. The molecule has 1 aromatic rings. The molecule has 0 aliphatic carbocycles. The molecule has 0 bridgehead atoms. The fraction of sp³-hybridized carbons (Fsp3) is 0.500. The minimum Gasteiger partial charge on any atom is -0.332 e. The molecule has 5 heteroatoms. The second-order valence-corrected chi connectivity index (χ2v) is 5.56. The van der Waals surface area contributed by atoms with E-state index in [1.54, 1.807) is 12.4 Å². The first-order valence-corrected chi connectivity index (χ1v) is 6.47. The van der Waals surface area contributed by atoms with Crippen molar-refractivity contribution in [2.75, 3.05) is 0 Å². The molecule has 92 valence electrons. The van der Waals surface area contributed by atoms with Crippen molar-refractivity contribution in [3.05, 3.63) is 28.5 Å². The van der Waals surface area contributed by atoms with Crippen LogP contribution in [0.5, 0.6) is 0 Å². The molecule has 2 rings (SSSR count). The summed E-state index contributed by atoms with van der Waals surface area (Å²) in [6.07, 6.45) is 3.92. The Morgan fingerprint density at radius 2 is 2.24 bits per heavy atom. The van der Waals surface area contributed by atoms with E-state index in [1.807, 2.05) is 24.8 Å². The van der Waals surface area contributed by atoms with Crippen LogP contribution >= 0.6 is 15.9 Å². The normalized spacial score (nSPS) is 24.8. The van der Waals surface area contributed by atoms with Crippen LogP contribution in [0.1, 0.15) is 31.9 Å². The summed E-state index contributed by atoms with van der Waals surface area (Å²) in [5.41, 5.74) is 7.07. The van der Waals surface area contributed by atoms with E-state index >= 15 is 0 Å². The van der Waals surface area contributed by atoms with Crippen LogP contribution in [0.25, 0.3) is 0 Å². The van der Waals surface area contributed by atoms with Gasteiger partial charge in [-0.1, -0.05) is 0 Å². The molecule has 1 aromatic heterocycles. The van der Waals surface area contributed by atoms with Crippen molar-refractivity contribution < 1.29 is 4.79 Å². The Hall–Kier alpha value is -0.940. The molecule has 1 aliphatic rings. The van der Waals surface area contributed by atoms with Crippen molar-refractivity contribution in [2.24, 2.45) is 5.73 Å². The van der Waals surface area contributed by atoms with Crippen LogP contribution in [0, 0.1) is 0 Å². The smallest absolute Gasteiger partial charge is 0.225 e. The van der Waals surface area contributed by atoms with Crippen molar-refractivity contribution in [2.45, 2.75) is 38.4 Å². The van der Waals surface area contributed by atoms with Crippen LogP contribution in [0.15, 0.2) is 22.9 Å². The summed E-state index contributed by atoms with van der Waals surface area (Å²) in [6, 6.07) is 1.92. The van der Waals surface area contributed by atoms with Crippen LogP contribution < -0.4 is 5.73 Å². The topological polar surface area (TPSA) is 59.2 Å². The van der Waals surface area contributed by atoms with Gasteiger partial charge in [0.25, 0.3) is 0 Å². The summed E-state index contributed by atoms with van der Waals surface area (Å²) < 4.78 is 0.908. The zero-order valence-corrected chi connectivity index (χ0v) is 11.5. The molecule has 0 aromatic carbocycles. The molecule has 0 spiro atoms. The van der Waals surface area contributed by atoms with Gasteiger partial charge in [-0.05, 0) is 41.4 Å². The van der Waals surface area contributed by atoms with Crippen LogP contribution in [0.4, 0.5) is 0 Å². The average molecular weight is 298 g/mol. The molecule has 17 heavy (non-hydrogen) atoms. The Morgan fingerprint density at radius 1 is 1.53 bits per heavy atom. The monoisotopic (exact) mass is 297 g/mol. The Bertz CT molecular complexity index is 436. The van der Waals surface area contributed by atoms with Crippen molar-refractivity contribution in [1.82, 2.24) is 9.88 Å². The number of pyridine rings is 1. The first-order valence-electron chi connectivity index (χ1n) is 5.68. The molecule has 2 unspecified atom stereocenters. The van der Waals surface area contributed by atoms with Gasteiger partial charge in [-0.2, -0.15) is 0 Å². The number of hydrogen-bond donors (Lipinski definition) is 1. The number of halogens is 1. The molecule has 1 saturated heterocycles. The number of carbonyl (C=O) groups is 1. The molecular weight excluding hydrogens is 282 g/mol. The van der Waals surface area contributed by atoms with E-state index < -0.39 is 0 Å². The lowest BCUT2D eigenvalue weighted by Crippen LogP contribution is -2.37. The third-order valence-corrected chi connectivity index (χ3v) is 3.46. The number of likely N-dealkylation sites (tertiary alicyclic amines) is 1. The number of nitrogens with two attached hydrogens (primary N) is 1. The molecular formula is C12H16BrN3O. The highest BCUT2D eigenvalue weighted by Crippen LogP contribution is 2.34. The third-order valence-electron chi connectivity index (χ3n) is 3.03. The number of amides is 1. The van der Waals surface area contributed by atoms with E-state index in [-0.39, 0.29) is 24.0 Å². The lowest BCUT2D eigenvalue weighted by Gasteiger charge is -2.30. The van der Waals surface area contributed by atoms with Gasteiger partial charge in [-0.15, -0.1) is 0 Å². The first-order chi connectivity index (χ1) is 8.00. The molecule has 1 amide bonds. The maximum atomic E-state index is 11.9. The predicted molar refractivity (Wildman–Crippen MR) is 69.3 cm³/mol. The lowest BCUT2D eigenvalue weighted by atomic mass is 10.0. The van der Waals surface area contributed by atoms with Gasteiger partial charge < -0.3 is 10.6 Å². The Morgan fingerprint density at radius 3 is 2.82 bits per heavy atom. The number of hydrogen-bond acceptors (Lipinski definition) is 3. The Labute approximate surface area is 109 Å². The maximum Gasteiger partial charge on any atom is 0.225 e. The SMILES string of the molecule is CC(C)N1C(=O)CC(N)C1c1cncc(Br)c1. The summed E-state index contributed by atoms with van der Waals surface area (Å²) in [5.74, 6) is 0.123. The molecule has 0 radical (unpaired) electrons. The largest absolute Gasteiger partial charge is 0.332 e. The molecule has 1 aliphatic heterocycles. The van der Waals surface area contributed by atoms with Gasteiger partial charge in [0.2, 0.25) is 5.91 Å². The third kappa shape index (κ3) is 2.35. The zero-order valence-electron chi connectivity index (χ0n) is 9.93. The van der Waals surface area contributed by atoms with E-state index in [4.69, 9.17) is 5.73 Å². The molecule has 2 atom stereocenters. The van der Waals surface area contributed by atoms with Crippen LogP contribution in [-0.4, -0.2) is 27.9 Å². The summed E-state index contributed by atoms with van der Waals surface area (Å²) in [4.78, 5) is 17.9. The standard InChI is InChI=1S/C12H16BrN3O/c1-7(2)16-11(17)4-10(14)12(16)8-3-9(13)6-15-5-8/h3,5-7,10,12H,4,14H2,1-2H3. The summed E-state index contributed by atoms with van der Waals surface area (Å²) in [7, 11) is 0. The number of aromatic nitrogens is 1. The van der Waals surface area contributed by atoms with Gasteiger partial charge in [0.05, 0.1) is 6.04 Å². The fourth-order valence-corrected chi connectivity index (χ4v) is 2.77. The summed E-state index contributed by atoms with van der Waals surface area (Å²) >= 11 is 3.39. The van der Waals surface area contributed by atoms with Crippen molar-refractivity contribution >= 4 is 21.8 Å². The second-order valence-electron chi connectivity index (χ2n) is 4.64. The van der Waals surface area contributed by atoms with Crippen LogP contribution in [0.2, 0.25) is 0 Å². The fourth-order valence-electron chi connectivity index (χ4n) is 2.39. The van der Waals surface area contributed by atoms with Gasteiger partial charge in [-0.25, -0.2) is 0 Å². The average Bonchev–Trinajstić information content (AvgIpc) is 2.53. The highest BCUT2D eigenvalue weighted by molar-refractivity contribution is 9.10. The molecule has 0 saturated carbocycles. The molecule has 1 fully saturated rings. The van der Waals surface area contributed by atoms with Gasteiger partial charge in [0.1, 0.15) is 0 Å². The molecule has 4 nitrogen and oxygen atoms in total. The highest BCUT2D eigenvalue weighted by atomic mass is 79.9. The molecule has 2 heterocycles. The maximum absolute atomic E-state index is 11.9. The highest BCUT2D eigenvalue weighted by Gasteiger charge is 2.40. The number of rotatable bonds is 2. The van der Waals surface area contributed by atoms with Crippen LogP contribution in [0.3, 0.4) is 0 Å². The van der Waals surface area contributed by atoms with Crippen LogP contribution in [-0.2, 0) is 4.79 Å². The second kappa shape index (κ2) is 4.74. The summed E-state index contributed by atoms with van der Waals surface area (Å²) in [5, 5.41) is 0. The van der Waals surface area contributed by atoms with Gasteiger partial charge >= 0.3 is 0 Å². The Kier molecular flexibility index (Phi) is 3.49. The van der Waals surface area contributed by atoms with Crippen molar-refractivity contribution in [1.29, 1.82) is 0 Å². The van der Waals surface area contributed by atoms with Crippen molar-refractivity contribution in [3.8, 4) is 0 Å². The predicted octanol–water partition coefficient (Wildman–Crippen LogP) is 1.85. The van der Waals surface area contributed by atoms with E-state index in [0.29, 0.717) is 6.42 Å².